The van der Waals surface area contributed by atoms with Gasteiger partial charge in [-0.1, -0.05) is 11.6 Å². The molecule has 0 fully saturated rings. The molecule has 0 atom stereocenters. The predicted molar refractivity (Wildman–Crippen MR) is 101 cm³/mol. The second kappa shape index (κ2) is 7.45. The van der Waals surface area contributed by atoms with Crippen LogP contribution >= 0.6 is 11.3 Å². The lowest BCUT2D eigenvalue weighted by molar-refractivity contribution is 0.102. The molecule has 6 nitrogen and oxygen atoms in total. The van der Waals surface area contributed by atoms with Gasteiger partial charge in [0.1, 0.15) is 5.75 Å². The highest BCUT2D eigenvalue weighted by Crippen LogP contribution is 2.33. The van der Waals surface area contributed by atoms with Crippen LogP contribution in [0.1, 0.15) is 15.9 Å². The summed E-state index contributed by atoms with van der Waals surface area (Å²) >= 11 is 1.30. The third kappa shape index (κ3) is 3.62. The molecule has 0 spiro atoms. The molecule has 7 heteroatoms. The van der Waals surface area contributed by atoms with Crippen LogP contribution in [-0.4, -0.2) is 30.2 Å². The minimum atomic E-state index is -0.403. The van der Waals surface area contributed by atoms with Gasteiger partial charge in [0.05, 0.1) is 25.5 Å². The predicted octanol–water partition coefficient (Wildman–Crippen LogP) is 4.09. The van der Waals surface area contributed by atoms with Crippen molar-refractivity contribution < 1.29 is 19.4 Å². The number of carbonyl (C=O) groups is 1. The summed E-state index contributed by atoms with van der Waals surface area (Å²) < 4.78 is 10.5. The number of phenols is 1. The first-order chi connectivity index (χ1) is 12.5. The molecule has 0 aliphatic heterocycles. The summed E-state index contributed by atoms with van der Waals surface area (Å²) in [5.74, 6) is 0.771. The number of aryl methyl sites for hydroxylation is 1. The van der Waals surface area contributed by atoms with Crippen LogP contribution in [0.25, 0.3) is 11.3 Å². The Labute approximate surface area is 155 Å². The molecule has 0 aliphatic carbocycles. The highest BCUT2D eigenvalue weighted by molar-refractivity contribution is 7.14. The number of rotatable bonds is 5. The van der Waals surface area contributed by atoms with Crippen molar-refractivity contribution in [3.63, 3.8) is 0 Å². The zero-order chi connectivity index (χ0) is 18.7. The molecule has 0 saturated carbocycles. The number of thiazole rings is 1. The van der Waals surface area contributed by atoms with Gasteiger partial charge in [0.15, 0.2) is 16.6 Å². The maximum atomic E-state index is 12.4. The highest BCUT2D eigenvalue weighted by Gasteiger charge is 2.14. The SMILES string of the molecule is COc1ccc(-c2csc(NC(=O)c3cc(C)ccc3O)n2)cc1OC. The lowest BCUT2D eigenvalue weighted by Gasteiger charge is -2.08. The minimum Gasteiger partial charge on any atom is -0.507 e. The average Bonchev–Trinajstić information content (AvgIpc) is 3.11. The Morgan fingerprint density at radius 3 is 2.62 bits per heavy atom. The number of aromatic hydroxyl groups is 1. The number of nitrogens with zero attached hydrogens (tertiary/aromatic N) is 1. The fraction of sp³-hybridized carbons (Fsp3) is 0.158. The number of phenolic OH excluding ortho intramolecular Hbond substituents is 1. The smallest absolute Gasteiger partial charge is 0.261 e. The molecule has 0 aliphatic rings. The summed E-state index contributed by atoms with van der Waals surface area (Å²) in [6.45, 7) is 1.86. The first-order valence-electron chi connectivity index (χ1n) is 7.80. The summed E-state index contributed by atoms with van der Waals surface area (Å²) in [6.07, 6.45) is 0. The van der Waals surface area contributed by atoms with Gasteiger partial charge in [-0.15, -0.1) is 11.3 Å². The van der Waals surface area contributed by atoms with Gasteiger partial charge in [-0.3, -0.25) is 10.1 Å². The molecule has 3 aromatic rings. The molecular formula is C19H18N2O4S. The van der Waals surface area contributed by atoms with Gasteiger partial charge in [-0.25, -0.2) is 4.98 Å². The van der Waals surface area contributed by atoms with Crippen LogP contribution in [0, 0.1) is 6.92 Å². The van der Waals surface area contributed by atoms with Crippen LogP contribution in [-0.2, 0) is 0 Å². The number of amides is 1. The lowest BCUT2D eigenvalue weighted by atomic mass is 10.1. The maximum absolute atomic E-state index is 12.4. The Hall–Kier alpha value is -3.06. The van der Waals surface area contributed by atoms with Crippen molar-refractivity contribution in [1.29, 1.82) is 0 Å². The van der Waals surface area contributed by atoms with Crippen molar-refractivity contribution in [1.82, 2.24) is 4.98 Å². The largest absolute Gasteiger partial charge is 0.507 e. The third-order valence-corrected chi connectivity index (χ3v) is 4.56. The number of ether oxygens (including phenoxy) is 2. The molecule has 26 heavy (non-hydrogen) atoms. The van der Waals surface area contributed by atoms with Gasteiger partial charge in [-0.2, -0.15) is 0 Å². The van der Waals surface area contributed by atoms with Crippen LogP contribution in [0.5, 0.6) is 17.2 Å². The van der Waals surface area contributed by atoms with Crippen molar-refractivity contribution in [2.45, 2.75) is 6.92 Å². The second-order valence-electron chi connectivity index (χ2n) is 5.58. The standard InChI is InChI=1S/C19H18N2O4S/c1-11-4-6-15(22)13(8-11)18(23)21-19-20-14(10-26-19)12-5-7-16(24-2)17(9-12)25-3/h4-10,22H,1-3H3,(H,20,21,23). The number of nitrogens with one attached hydrogen (secondary N) is 1. The molecule has 0 saturated heterocycles. The summed E-state index contributed by atoms with van der Waals surface area (Å²) in [5.41, 5.74) is 2.66. The van der Waals surface area contributed by atoms with Crippen LogP contribution < -0.4 is 14.8 Å². The van der Waals surface area contributed by atoms with Crippen molar-refractivity contribution in [2.75, 3.05) is 19.5 Å². The Balaban J connectivity index is 1.82. The minimum absolute atomic E-state index is 0.0650. The van der Waals surface area contributed by atoms with Crippen LogP contribution in [0.4, 0.5) is 5.13 Å². The van der Waals surface area contributed by atoms with E-state index in [4.69, 9.17) is 9.47 Å². The second-order valence-corrected chi connectivity index (χ2v) is 6.44. The number of hydrogen-bond donors (Lipinski definition) is 2. The first kappa shape index (κ1) is 17.8. The molecule has 0 unspecified atom stereocenters. The van der Waals surface area contributed by atoms with E-state index in [9.17, 15) is 9.90 Å². The van der Waals surface area contributed by atoms with Gasteiger partial charge in [0.2, 0.25) is 0 Å². The molecule has 1 aromatic heterocycles. The van der Waals surface area contributed by atoms with E-state index in [1.165, 1.54) is 17.4 Å². The van der Waals surface area contributed by atoms with Crippen LogP contribution in [0.2, 0.25) is 0 Å². The molecule has 1 heterocycles. The van der Waals surface area contributed by atoms with E-state index in [1.54, 1.807) is 32.4 Å². The van der Waals surface area contributed by atoms with Gasteiger partial charge < -0.3 is 14.6 Å². The molecule has 0 radical (unpaired) electrons. The number of aromatic nitrogens is 1. The van der Waals surface area contributed by atoms with E-state index >= 15 is 0 Å². The summed E-state index contributed by atoms with van der Waals surface area (Å²) in [4.78, 5) is 16.8. The van der Waals surface area contributed by atoms with Crippen LogP contribution in [0.15, 0.2) is 41.8 Å². The summed E-state index contributed by atoms with van der Waals surface area (Å²) in [5, 5.41) is 14.9. The lowest BCUT2D eigenvalue weighted by Crippen LogP contribution is -2.12. The topological polar surface area (TPSA) is 80.7 Å². The zero-order valence-electron chi connectivity index (χ0n) is 14.6. The van der Waals surface area contributed by atoms with Gasteiger partial charge in [0, 0.05) is 10.9 Å². The molecule has 134 valence electrons. The van der Waals surface area contributed by atoms with E-state index in [0.717, 1.165) is 11.1 Å². The van der Waals surface area contributed by atoms with Crippen LogP contribution in [0.3, 0.4) is 0 Å². The van der Waals surface area contributed by atoms with E-state index in [-0.39, 0.29) is 11.3 Å². The van der Waals surface area contributed by atoms with Crippen molar-refractivity contribution in [3.8, 4) is 28.5 Å². The molecule has 3 rings (SSSR count). The maximum Gasteiger partial charge on any atom is 0.261 e. The summed E-state index contributed by atoms with van der Waals surface area (Å²) in [7, 11) is 3.15. The van der Waals surface area contributed by atoms with E-state index in [1.807, 2.05) is 24.4 Å². The fourth-order valence-corrected chi connectivity index (χ4v) is 3.17. The van der Waals surface area contributed by atoms with E-state index in [2.05, 4.69) is 10.3 Å². The van der Waals surface area contributed by atoms with Gasteiger partial charge in [-0.05, 0) is 37.3 Å². The zero-order valence-corrected chi connectivity index (χ0v) is 15.4. The Morgan fingerprint density at radius 2 is 1.88 bits per heavy atom. The van der Waals surface area contributed by atoms with Crippen molar-refractivity contribution in [2.24, 2.45) is 0 Å². The number of benzene rings is 2. The normalized spacial score (nSPS) is 10.4. The Kier molecular flexibility index (Phi) is 5.09. The molecule has 2 aromatic carbocycles. The van der Waals surface area contributed by atoms with E-state index < -0.39 is 5.91 Å². The Morgan fingerprint density at radius 1 is 1.12 bits per heavy atom. The number of hydrogen-bond acceptors (Lipinski definition) is 6. The Bertz CT molecular complexity index is 952. The number of carbonyl (C=O) groups excluding carboxylic acids is 1. The number of anilines is 1. The molecule has 0 bridgehead atoms. The fourth-order valence-electron chi connectivity index (χ4n) is 2.46. The molecule has 1 amide bonds. The molecule has 2 N–H and O–H groups in total. The van der Waals surface area contributed by atoms with Crippen molar-refractivity contribution in [3.05, 3.63) is 52.9 Å². The first-order valence-corrected chi connectivity index (χ1v) is 8.68. The summed E-state index contributed by atoms with van der Waals surface area (Å²) in [6, 6.07) is 10.4. The van der Waals surface area contributed by atoms with Gasteiger partial charge >= 0.3 is 0 Å². The third-order valence-electron chi connectivity index (χ3n) is 3.80. The molecular weight excluding hydrogens is 352 g/mol. The monoisotopic (exact) mass is 370 g/mol. The number of methoxy groups -OCH3 is 2. The highest BCUT2D eigenvalue weighted by atomic mass is 32.1. The average molecular weight is 370 g/mol. The quantitative estimate of drug-likeness (QED) is 0.707. The van der Waals surface area contributed by atoms with Gasteiger partial charge in [0.25, 0.3) is 5.91 Å². The van der Waals surface area contributed by atoms with Crippen molar-refractivity contribution >= 4 is 22.4 Å². The van der Waals surface area contributed by atoms with E-state index in [0.29, 0.717) is 22.3 Å².